The van der Waals surface area contributed by atoms with Crippen molar-refractivity contribution in [1.82, 2.24) is 15.3 Å². The molecule has 1 aromatic heterocycles. The molecule has 0 aliphatic rings. The van der Waals surface area contributed by atoms with Crippen LogP contribution in [0.2, 0.25) is 0 Å². The highest BCUT2D eigenvalue weighted by Crippen LogP contribution is 2.31. The van der Waals surface area contributed by atoms with E-state index in [-0.39, 0.29) is 0 Å². The molecule has 2 aromatic carbocycles. The van der Waals surface area contributed by atoms with Gasteiger partial charge < -0.3 is 10.3 Å². The van der Waals surface area contributed by atoms with E-state index in [0.29, 0.717) is 11.3 Å². The number of thioether (sulfide) groups is 1. The van der Waals surface area contributed by atoms with Crippen LogP contribution in [0.4, 0.5) is 0 Å². The topological polar surface area (TPSA) is 40.7 Å². The van der Waals surface area contributed by atoms with E-state index in [1.165, 1.54) is 5.56 Å². The first-order chi connectivity index (χ1) is 10.3. The molecule has 0 spiro atoms. The molecule has 2 atom stereocenters. The number of aromatic nitrogens is 2. The minimum atomic E-state index is 0.296. The van der Waals surface area contributed by atoms with Crippen LogP contribution in [-0.2, 0) is 0 Å². The number of hydrogen-bond donors (Lipinski definition) is 2. The zero-order chi connectivity index (χ0) is 14.7. The van der Waals surface area contributed by atoms with E-state index in [9.17, 15) is 0 Å². The number of fused-ring (bicyclic) bond motifs is 1. The van der Waals surface area contributed by atoms with E-state index in [0.717, 1.165) is 16.2 Å². The number of H-pyrrole nitrogens is 1. The Hall–Kier alpha value is -1.78. The second-order valence-corrected chi connectivity index (χ2v) is 6.43. The van der Waals surface area contributed by atoms with E-state index in [2.05, 4.69) is 52.5 Å². The summed E-state index contributed by atoms with van der Waals surface area (Å²) in [5.41, 5.74) is 3.41. The summed E-state index contributed by atoms with van der Waals surface area (Å²) < 4.78 is 0. The predicted octanol–water partition coefficient (Wildman–Crippen LogP) is 4.00. The van der Waals surface area contributed by atoms with Gasteiger partial charge in [0.15, 0.2) is 5.16 Å². The van der Waals surface area contributed by atoms with Gasteiger partial charge in [0.2, 0.25) is 0 Å². The van der Waals surface area contributed by atoms with Crippen LogP contribution >= 0.6 is 11.8 Å². The lowest BCUT2D eigenvalue weighted by Crippen LogP contribution is -2.25. The maximum Gasteiger partial charge on any atom is 0.166 e. The second kappa shape index (κ2) is 6.33. The molecule has 2 N–H and O–H groups in total. The number of rotatable bonds is 5. The number of hydrogen-bond acceptors (Lipinski definition) is 3. The summed E-state index contributed by atoms with van der Waals surface area (Å²) in [5.74, 6) is 0. The quantitative estimate of drug-likeness (QED) is 0.699. The Bertz CT molecular complexity index is 675. The summed E-state index contributed by atoms with van der Waals surface area (Å²) in [5, 5.41) is 4.75. The molecule has 0 amide bonds. The van der Waals surface area contributed by atoms with Crippen molar-refractivity contribution in [3.05, 3.63) is 60.2 Å². The van der Waals surface area contributed by atoms with Crippen LogP contribution in [0.15, 0.2) is 59.8 Å². The van der Waals surface area contributed by atoms with Gasteiger partial charge in [0.25, 0.3) is 0 Å². The standard InChI is InChI=1S/C17H19N3S/c1-12(16(18-2)13-8-4-3-5-9-13)21-17-19-14-10-6-7-11-15(14)20-17/h3-12,16,18H,1-2H3,(H,19,20). The summed E-state index contributed by atoms with van der Waals surface area (Å²) in [4.78, 5) is 8.02. The largest absolute Gasteiger partial charge is 0.333 e. The molecule has 0 bridgehead atoms. The van der Waals surface area contributed by atoms with Gasteiger partial charge in [-0.05, 0) is 24.7 Å². The number of benzene rings is 2. The van der Waals surface area contributed by atoms with Crippen molar-refractivity contribution < 1.29 is 0 Å². The first-order valence-corrected chi connectivity index (χ1v) is 7.99. The zero-order valence-electron chi connectivity index (χ0n) is 12.2. The first kappa shape index (κ1) is 14.2. The summed E-state index contributed by atoms with van der Waals surface area (Å²) in [6.45, 7) is 2.23. The summed E-state index contributed by atoms with van der Waals surface area (Å²) in [6, 6.07) is 19.0. The molecule has 0 radical (unpaired) electrons. The summed E-state index contributed by atoms with van der Waals surface area (Å²) >= 11 is 1.77. The fraction of sp³-hybridized carbons (Fsp3) is 0.235. The maximum absolute atomic E-state index is 4.64. The smallest absolute Gasteiger partial charge is 0.166 e. The Morgan fingerprint density at radius 2 is 1.76 bits per heavy atom. The van der Waals surface area contributed by atoms with E-state index >= 15 is 0 Å². The summed E-state index contributed by atoms with van der Waals surface area (Å²) in [6.07, 6.45) is 0. The second-order valence-electron chi connectivity index (χ2n) is 5.06. The lowest BCUT2D eigenvalue weighted by atomic mass is 10.0. The van der Waals surface area contributed by atoms with Crippen molar-refractivity contribution in [2.24, 2.45) is 0 Å². The molecule has 3 aromatic rings. The van der Waals surface area contributed by atoms with Crippen molar-refractivity contribution in [2.75, 3.05) is 7.05 Å². The van der Waals surface area contributed by atoms with Crippen LogP contribution in [-0.4, -0.2) is 22.3 Å². The molecule has 0 aliphatic heterocycles. The number of imidazole rings is 1. The van der Waals surface area contributed by atoms with Crippen LogP contribution in [0.25, 0.3) is 11.0 Å². The molecule has 4 heteroatoms. The van der Waals surface area contributed by atoms with Gasteiger partial charge in [0.05, 0.1) is 11.0 Å². The third-order valence-corrected chi connectivity index (χ3v) is 4.66. The Morgan fingerprint density at radius 1 is 1.05 bits per heavy atom. The molecule has 21 heavy (non-hydrogen) atoms. The Labute approximate surface area is 129 Å². The van der Waals surface area contributed by atoms with Crippen LogP contribution in [0.1, 0.15) is 18.5 Å². The highest BCUT2D eigenvalue weighted by Gasteiger charge is 2.19. The average Bonchev–Trinajstić information content (AvgIpc) is 2.91. The highest BCUT2D eigenvalue weighted by atomic mass is 32.2. The molecular formula is C17H19N3S. The van der Waals surface area contributed by atoms with Crippen molar-refractivity contribution in [3.63, 3.8) is 0 Å². The molecule has 1 heterocycles. The first-order valence-electron chi connectivity index (χ1n) is 7.11. The monoisotopic (exact) mass is 297 g/mol. The molecule has 108 valence electrons. The van der Waals surface area contributed by atoms with Gasteiger partial charge in [0, 0.05) is 11.3 Å². The SMILES string of the molecule is CNC(c1ccccc1)C(C)Sc1nc2ccccc2[nH]1. The molecular weight excluding hydrogens is 278 g/mol. The van der Waals surface area contributed by atoms with Crippen LogP contribution in [0.3, 0.4) is 0 Å². The molecule has 0 saturated heterocycles. The van der Waals surface area contributed by atoms with Gasteiger partial charge in [-0.3, -0.25) is 0 Å². The lowest BCUT2D eigenvalue weighted by molar-refractivity contribution is 0.588. The fourth-order valence-electron chi connectivity index (χ4n) is 2.56. The molecule has 2 unspecified atom stereocenters. The Balaban J connectivity index is 1.79. The molecule has 3 rings (SSSR count). The molecule has 0 fully saturated rings. The molecule has 3 nitrogen and oxygen atoms in total. The number of nitrogens with zero attached hydrogens (tertiary/aromatic N) is 1. The van der Waals surface area contributed by atoms with E-state index in [1.807, 2.05) is 31.3 Å². The van der Waals surface area contributed by atoms with Crippen molar-refractivity contribution in [3.8, 4) is 0 Å². The molecule has 0 aliphatic carbocycles. The summed E-state index contributed by atoms with van der Waals surface area (Å²) in [7, 11) is 2.01. The van der Waals surface area contributed by atoms with Crippen molar-refractivity contribution >= 4 is 22.8 Å². The minimum absolute atomic E-state index is 0.296. The van der Waals surface area contributed by atoms with Gasteiger partial charge in [0.1, 0.15) is 0 Å². The van der Waals surface area contributed by atoms with E-state index in [4.69, 9.17) is 0 Å². The average molecular weight is 297 g/mol. The number of para-hydroxylation sites is 2. The van der Waals surface area contributed by atoms with Crippen LogP contribution in [0.5, 0.6) is 0 Å². The van der Waals surface area contributed by atoms with Gasteiger partial charge in [-0.1, -0.05) is 61.2 Å². The Morgan fingerprint density at radius 3 is 2.48 bits per heavy atom. The van der Waals surface area contributed by atoms with Gasteiger partial charge >= 0.3 is 0 Å². The van der Waals surface area contributed by atoms with Gasteiger partial charge in [-0.25, -0.2) is 4.98 Å². The maximum atomic E-state index is 4.64. The number of nitrogens with one attached hydrogen (secondary N) is 2. The normalized spacial score (nSPS) is 14.2. The van der Waals surface area contributed by atoms with Crippen LogP contribution in [0, 0.1) is 0 Å². The van der Waals surface area contributed by atoms with Crippen LogP contribution < -0.4 is 5.32 Å². The highest BCUT2D eigenvalue weighted by molar-refractivity contribution is 7.99. The van der Waals surface area contributed by atoms with E-state index < -0.39 is 0 Å². The number of aromatic amines is 1. The molecule has 0 saturated carbocycles. The van der Waals surface area contributed by atoms with Crippen molar-refractivity contribution in [2.45, 2.75) is 23.4 Å². The zero-order valence-corrected chi connectivity index (χ0v) is 13.0. The predicted molar refractivity (Wildman–Crippen MR) is 89.7 cm³/mol. The van der Waals surface area contributed by atoms with E-state index in [1.54, 1.807) is 11.8 Å². The van der Waals surface area contributed by atoms with Crippen molar-refractivity contribution in [1.29, 1.82) is 0 Å². The third kappa shape index (κ3) is 3.12. The van der Waals surface area contributed by atoms with Gasteiger partial charge in [-0.15, -0.1) is 0 Å². The fourth-order valence-corrected chi connectivity index (χ4v) is 3.66. The lowest BCUT2D eigenvalue weighted by Gasteiger charge is -2.22. The minimum Gasteiger partial charge on any atom is -0.333 e. The third-order valence-electron chi connectivity index (χ3n) is 3.60. The van der Waals surface area contributed by atoms with Gasteiger partial charge in [-0.2, -0.15) is 0 Å². The Kier molecular flexibility index (Phi) is 4.27.